The van der Waals surface area contributed by atoms with Gasteiger partial charge in [0.15, 0.2) is 11.2 Å². The highest BCUT2D eigenvalue weighted by Gasteiger charge is 2.15. The molecule has 1 saturated heterocycles. The maximum Gasteiger partial charge on any atom is 0.287 e. The van der Waals surface area contributed by atoms with Crippen molar-refractivity contribution in [1.82, 2.24) is 5.32 Å². The van der Waals surface area contributed by atoms with Crippen molar-refractivity contribution in [2.45, 2.75) is 25.4 Å². The summed E-state index contributed by atoms with van der Waals surface area (Å²) in [6, 6.07) is 8.10. The van der Waals surface area contributed by atoms with Crippen LogP contribution in [0.2, 0.25) is 0 Å². The van der Waals surface area contributed by atoms with Gasteiger partial charge in [-0.3, -0.25) is 9.59 Å². The molecule has 3 rings (SSSR count). The summed E-state index contributed by atoms with van der Waals surface area (Å²) >= 11 is 0. The van der Waals surface area contributed by atoms with Crippen LogP contribution in [0.3, 0.4) is 0 Å². The summed E-state index contributed by atoms with van der Waals surface area (Å²) < 4.78 is 16.5. The predicted molar refractivity (Wildman–Crippen MR) is 89.2 cm³/mol. The Morgan fingerprint density at radius 1 is 1.33 bits per heavy atom. The molecular weight excluding hydrogens is 310 g/mol. The lowest BCUT2D eigenvalue weighted by molar-refractivity contribution is 0.0166. The van der Waals surface area contributed by atoms with Crippen LogP contribution in [0.15, 0.2) is 39.5 Å². The maximum absolute atomic E-state index is 12.1. The second-order valence-electron chi connectivity index (χ2n) is 5.79. The first-order valence-corrected chi connectivity index (χ1v) is 8.24. The number of hydrogen-bond acceptors (Lipinski definition) is 5. The smallest absolute Gasteiger partial charge is 0.287 e. The van der Waals surface area contributed by atoms with Gasteiger partial charge in [0.25, 0.3) is 5.91 Å². The lowest BCUT2D eigenvalue weighted by atomic mass is 10.2. The zero-order valence-corrected chi connectivity index (χ0v) is 13.5. The second-order valence-corrected chi connectivity index (χ2v) is 5.79. The Morgan fingerprint density at radius 3 is 3.04 bits per heavy atom. The van der Waals surface area contributed by atoms with Gasteiger partial charge >= 0.3 is 0 Å². The number of rotatable bonds is 7. The van der Waals surface area contributed by atoms with Crippen molar-refractivity contribution in [2.24, 2.45) is 0 Å². The lowest BCUT2D eigenvalue weighted by Crippen LogP contribution is -2.26. The number of benzene rings is 1. The second kappa shape index (κ2) is 8.08. The van der Waals surface area contributed by atoms with E-state index in [4.69, 9.17) is 13.9 Å². The number of carbonyl (C=O) groups is 1. The molecule has 2 heterocycles. The van der Waals surface area contributed by atoms with Crippen LogP contribution in [0.4, 0.5) is 0 Å². The number of ether oxygens (including phenoxy) is 2. The van der Waals surface area contributed by atoms with Crippen molar-refractivity contribution < 1.29 is 18.7 Å². The Morgan fingerprint density at radius 2 is 2.21 bits per heavy atom. The van der Waals surface area contributed by atoms with Gasteiger partial charge < -0.3 is 19.2 Å². The topological polar surface area (TPSA) is 77.8 Å². The molecule has 6 nitrogen and oxygen atoms in total. The highest BCUT2D eigenvalue weighted by molar-refractivity contribution is 5.93. The van der Waals surface area contributed by atoms with Crippen LogP contribution in [0.5, 0.6) is 0 Å². The molecule has 0 radical (unpaired) electrons. The standard InChI is InChI=1S/C18H21NO5/c20-15-11-17(24-16-7-2-1-6-14(15)16)18(21)19-8-4-9-22-12-13-5-3-10-23-13/h1-2,6-7,11,13H,3-5,8-10,12H2,(H,19,21)/t13-/m0/s1. The SMILES string of the molecule is O=C(NCCCOC[C@@H]1CCCO1)c1cc(=O)c2ccccc2o1. The first-order valence-electron chi connectivity index (χ1n) is 8.24. The molecule has 1 atom stereocenters. The highest BCUT2D eigenvalue weighted by atomic mass is 16.5. The van der Waals surface area contributed by atoms with Crippen molar-refractivity contribution in [3.05, 3.63) is 46.3 Å². The van der Waals surface area contributed by atoms with Gasteiger partial charge in [-0.1, -0.05) is 12.1 Å². The molecule has 0 unspecified atom stereocenters. The van der Waals surface area contributed by atoms with Crippen molar-refractivity contribution in [3.63, 3.8) is 0 Å². The number of amides is 1. The summed E-state index contributed by atoms with van der Waals surface area (Å²) in [5.74, 6) is -0.365. The van der Waals surface area contributed by atoms with E-state index < -0.39 is 5.91 Å². The van der Waals surface area contributed by atoms with Gasteiger partial charge in [-0.2, -0.15) is 0 Å². The summed E-state index contributed by atoms with van der Waals surface area (Å²) in [4.78, 5) is 24.1. The molecule has 1 amide bonds. The van der Waals surface area contributed by atoms with Crippen LogP contribution in [0, 0.1) is 0 Å². The molecule has 1 aromatic carbocycles. The quantitative estimate of drug-likeness (QED) is 0.786. The van der Waals surface area contributed by atoms with Gasteiger partial charge in [0.05, 0.1) is 18.1 Å². The molecule has 0 spiro atoms. The Kier molecular flexibility index (Phi) is 5.61. The van der Waals surface area contributed by atoms with Gasteiger partial charge in [0.1, 0.15) is 5.58 Å². The molecule has 0 saturated carbocycles. The highest BCUT2D eigenvalue weighted by Crippen LogP contribution is 2.12. The van der Waals surface area contributed by atoms with Crippen LogP contribution in [0.1, 0.15) is 29.8 Å². The molecular formula is C18H21NO5. The number of carbonyl (C=O) groups excluding carboxylic acids is 1. The first kappa shape index (κ1) is 16.7. The van der Waals surface area contributed by atoms with Crippen molar-refractivity contribution >= 4 is 16.9 Å². The van der Waals surface area contributed by atoms with Gasteiger partial charge in [-0.25, -0.2) is 0 Å². The molecule has 128 valence electrons. The van der Waals surface area contributed by atoms with E-state index in [-0.39, 0.29) is 17.3 Å². The predicted octanol–water partition coefficient (Wildman–Crippen LogP) is 2.11. The summed E-state index contributed by atoms with van der Waals surface area (Å²) in [5, 5.41) is 3.21. The Labute approximate surface area is 139 Å². The fourth-order valence-corrected chi connectivity index (χ4v) is 2.67. The van der Waals surface area contributed by atoms with Crippen molar-refractivity contribution in [3.8, 4) is 0 Å². The fourth-order valence-electron chi connectivity index (χ4n) is 2.67. The number of hydrogen-bond donors (Lipinski definition) is 1. The fraction of sp³-hybridized carbons (Fsp3) is 0.444. The van der Waals surface area contributed by atoms with Gasteiger partial charge in [-0.15, -0.1) is 0 Å². The average Bonchev–Trinajstić information content (AvgIpc) is 3.11. The van der Waals surface area contributed by atoms with Crippen molar-refractivity contribution in [1.29, 1.82) is 0 Å². The maximum atomic E-state index is 12.1. The average molecular weight is 331 g/mol. The molecule has 24 heavy (non-hydrogen) atoms. The molecule has 2 aromatic rings. The van der Waals surface area contributed by atoms with Crippen LogP contribution in [-0.2, 0) is 9.47 Å². The van der Waals surface area contributed by atoms with E-state index in [9.17, 15) is 9.59 Å². The molecule has 1 N–H and O–H groups in total. The van der Waals surface area contributed by atoms with E-state index >= 15 is 0 Å². The molecule has 1 fully saturated rings. The Bertz CT molecular complexity index is 748. The third-order valence-electron chi connectivity index (χ3n) is 3.94. The van der Waals surface area contributed by atoms with E-state index in [1.54, 1.807) is 24.3 Å². The van der Waals surface area contributed by atoms with Gasteiger partial charge in [0.2, 0.25) is 0 Å². The number of para-hydroxylation sites is 1. The monoisotopic (exact) mass is 331 g/mol. The Balaban J connectivity index is 1.44. The summed E-state index contributed by atoms with van der Waals surface area (Å²) in [5.41, 5.74) is 0.192. The normalized spacial score (nSPS) is 17.2. The largest absolute Gasteiger partial charge is 0.451 e. The summed E-state index contributed by atoms with van der Waals surface area (Å²) in [6.45, 7) is 2.44. The number of fused-ring (bicyclic) bond motifs is 1. The molecule has 1 aliphatic heterocycles. The first-order chi connectivity index (χ1) is 11.7. The minimum Gasteiger partial charge on any atom is -0.451 e. The van der Waals surface area contributed by atoms with Crippen molar-refractivity contribution in [2.75, 3.05) is 26.4 Å². The van der Waals surface area contributed by atoms with E-state index in [0.29, 0.717) is 37.1 Å². The minimum absolute atomic E-state index is 0.0268. The van der Waals surface area contributed by atoms with E-state index in [1.165, 1.54) is 6.07 Å². The zero-order valence-electron chi connectivity index (χ0n) is 13.5. The molecule has 1 aliphatic rings. The van der Waals surface area contributed by atoms with Crippen LogP contribution >= 0.6 is 0 Å². The molecule has 6 heteroatoms. The summed E-state index contributed by atoms with van der Waals surface area (Å²) in [6.07, 6.45) is 3.06. The van der Waals surface area contributed by atoms with Gasteiger partial charge in [-0.05, 0) is 31.4 Å². The van der Waals surface area contributed by atoms with E-state index in [2.05, 4.69) is 5.32 Å². The summed E-state index contributed by atoms with van der Waals surface area (Å²) in [7, 11) is 0. The minimum atomic E-state index is -0.392. The zero-order chi connectivity index (χ0) is 16.8. The molecule has 0 bridgehead atoms. The third-order valence-corrected chi connectivity index (χ3v) is 3.94. The Hall–Kier alpha value is -2.18. The molecule has 1 aromatic heterocycles. The third kappa shape index (κ3) is 4.21. The van der Waals surface area contributed by atoms with E-state index in [0.717, 1.165) is 19.4 Å². The molecule has 0 aliphatic carbocycles. The van der Waals surface area contributed by atoms with Crippen LogP contribution in [-0.4, -0.2) is 38.4 Å². The van der Waals surface area contributed by atoms with Crippen LogP contribution in [0.25, 0.3) is 11.0 Å². The number of nitrogens with one attached hydrogen (secondary N) is 1. The van der Waals surface area contributed by atoms with E-state index in [1.807, 2.05) is 0 Å². The van der Waals surface area contributed by atoms with Gasteiger partial charge in [0, 0.05) is 25.8 Å². The van der Waals surface area contributed by atoms with Crippen LogP contribution < -0.4 is 10.7 Å². The lowest BCUT2D eigenvalue weighted by Gasteiger charge is -2.10.